The largest absolute Gasteiger partial charge is 0.460 e. The van der Waals surface area contributed by atoms with Gasteiger partial charge < -0.3 is 9.73 Å². The van der Waals surface area contributed by atoms with Crippen molar-refractivity contribution in [3.8, 4) is 6.07 Å². The fourth-order valence-corrected chi connectivity index (χ4v) is 3.98. The molecule has 158 valence electrons. The summed E-state index contributed by atoms with van der Waals surface area (Å²) in [5, 5.41) is 12.0. The fourth-order valence-electron chi connectivity index (χ4n) is 2.59. The SMILES string of the molecule is Cc1ccc(S(=O)(=O)NCc2ccc(/C=C(/C#N)C(=O)Nc3cccc(Br)c3)o2)cc1. The normalized spacial score (nSPS) is 11.7. The van der Waals surface area contributed by atoms with Gasteiger partial charge in [-0.05, 0) is 49.4 Å². The standard InChI is InChI=1S/C22H18BrN3O4S/c1-15-5-9-21(10-6-15)31(28,29)25-14-20-8-7-19(30-20)11-16(13-24)22(27)26-18-4-2-3-17(23)12-18/h2-12,25H,14H2,1H3,(H,26,27)/b16-11-. The summed E-state index contributed by atoms with van der Waals surface area (Å²) >= 11 is 3.31. The maximum Gasteiger partial charge on any atom is 0.266 e. The predicted octanol–water partition coefficient (Wildman–Crippen LogP) is 4.37. The zero-order chi connectivity index (χ0) is 22.4. The highest BCUT2D eigenvalue weighted by atomic mass is 79.9. The average molecular weight is 500 g/mol. The molecule has 2 N–H and O–H groups in total. The number of halogens is 1. The molecule has 0 saturated carbocycles. The number of nitrogens with zero attached hydrogens (tertiary/aromatic N) is 1. The van der Waals surface area contributed by atoms with Crippen LogP contribution in [0.25, 0.3) is 6.08 Å². The van der Waals surface area contributed by atoms with E-state index in [9.17, 15) is 18.5 Å². The van der Waals surface area contributed by atoms with Crippen molar-refractivity contribution in [2.45, 2.75) is 18.4 Å². The lowest BCUT2D eigenvalue weighted by Gasteiger charge is -2.05. The molecule has 1 aromatic heterocycles. The van der Waals surface area contributed by atoms with Gasteiger partial charge in [-0.1, -0.05) is 39.7 Å². The van der Waals surface area contributed by atoms with Crippen LogP contribution < -0.4 is 10.0 Å². The number of nitriles is 1. The Morgan fingerprint density at radius 3 is 2.58 bits per heavy atom. The number of nitrogens with one attached hydrogen (secondary N) is 2. The molecule has 7 nitrogen and oxygen atoms in total. The number of carbonyl (C=O) groups is 1. The van der Waals surface area contributed by atoms with Gasteiger partial charge >= 0.3 is 0 Å². The number of aryl methyl sites for hydroxylation is 1. The van der Waals surface area contributed by atoms with Crippen molar-refractivity contribution in [1.82, 2.24) is 4.72 Å². The molecule has 3 rings (SSSR count). The topological polar surface area (TPSA) is 112 Å². The number of carbonyl (C=O) groups excluding carboxylic acids is 1. The quantitative estimate of drug-likeness (QED) is 0.370. The van der Waals surface area contributed by atoms with Crippen LogP contribution >= 0.6 is 15.9 Å². The molecule has 1 heterocycles. The van der Waals surface area contributed by atoms with E-state index < -0.39 is 15.9 Å². The van der Waals surface area contributed by atoms with E-state index >= 15 is 0 Å². The van der Waals surface area contributed by atoms with Crippen molar-refractivity contribution < 1.29 is 17.6 Å². The van der Waals surface area contributed by atoms with Gasteiger partial charge in [0.25, 0.3) is 5.91 Å². The second-order valence-electron chi connectivity index (χ2n) is 6.58. The van der Waals surface area contributed by atoms with Crippen molar-refractivity contribution in [2.75, 3.05) is 5.32 Å². The number of hydrogen-bond acceptors (Lipinski definition) is 5. The minimum atomic E-state index is -3.69. The lowest BCUT2D eigenvalue weighted by molar-refractivity contribution is -0.112. The third-order valence-electron chi connectivity index (χ3n) is 4.18. The summed E-state index contributed by atoms with van der Waals surface area (Å²) in [6.07, 6.45) is 1.30. The van der Waals surface area contributed by atoms with E-state index in [1.54, 1.807) is 42.5 Å². The van der Waals surface area contributed by atoms with Crippen molar-refractivity contribution in [1.29, 1.82) is 5.26 Å². The van der Waals surface area contributed by atoms with E-state index in [0.717, 1.165) is 10.0 Å². The van der Waals surface area contributed by atoms with E-state index in [1.165, 1.54) is 18.2 Å². The molecule has 2 aromatic carbocycles. The Bertz CT molecular complexity index is 1270. The number of rotatable bonds is 7. The summed E-state index contributed by atoms with van der Waals surface area (Å²) in [5.74, 6) is 0.00993. The number of furan rings is 1. The molecule has 0 aliphatic rings. The summed E-state index contributed by atoms with van der Waals surface area (Å²) in [7, 11) is -3.69. The van der Waals surface area contributed by atoms with Crippen LogP contribution in [0.15, 0.2) is 80.0 Å². The molecule has 0 unspecified atom stereocenters. The molecule has 0 atom stereocenters. The first kappa shape index (κ1) is 22.5. The number of anilines is 1. The van der Waals surface area contributed by atoms with Crippen molar-refractivity contribution in [3.63, 3.8) is 0 Å². The molecule has 31 heavy (non-hydrogen) atoms. The summed E-state index contributed by atoms with van der Waals surface area (Å²) in [6, 6.07) is 18.4. The number of amides is 1. The first-order valence-electron chi connectivity index (χ1n) is 9.10. The Hall–Kier alpha value is -3.19. The Balaban J connectivity index is 1.67. The van der Waals surface area contributed by atoms with Crippen LogP contribution in [0, 0.1) is 18.3 Å². The van der Waals surface area contributed by atoms with Gasteiger partial charge in [-0.25, -0.2) is 13.1 Å². The highest BCUT2D eigenvalue weighted by Crippen LogP contribution is 2.18. The van der Waals surface area contributed by atoms with Gasteiger partial charge in [0, 0.05) is 16.2 Å². The van der Waals surface area contributed by atoms with Crippen LogP contribution in [0.5, 0.6) is 0 Å². The number of benzene rings is 2. The molecule has 0 spiro atoms. The summed E-state index contributed by atoms with van der Waals surface area (Å²) in [4.78, 5) is 12.5. The monoisotopic (exact) mass is 499 g/mol. The van der Waals surface area contributed by atoms with Crippen molar-refractivity contribution in [3.05, 3.63) is 87.8 Å². The number of hydrogen-bond donors (Lipinski definition) is 2. The summed E-state index contributed by atoms with van der Waals surface area (Å²) < 4.78 is 33.5. The average Bonchev–Trinajstić information content (AvgIpc) is 3.18. The van der Waals surface area contributed by atoms with Crippen LogP contribution in [0.4, 0.5) is 5.69 Å². The highest BCUT2D eigenvalue weighted by Gasteiger charge is 2.15. The minimum absolute atomic E-state index is 0.0732. The molecule has 0 saturated heterocycles. The fraction of sp³-hybridized carbons (Fsp3) is 0.0909. The molecule has 9 heteroatoms. The van der Waals surface area contributed by atoms with Crippen LogP contribution in [0.1, 0.15) is 17.1 Å². The van der Waals surface area contributed by atoms with Crippen molar-refractivity contribution >= 4 is 43.6 Å². The number of sulfonamides is 1. The Labute approximate surface area is 188 Å². The molecule has 3 aromatic rings. The molecular weight excluding hydrogens is 482 g/mol. The van der Waals surface area contributed by atoms with E-state index in [0.29, 0.717) is 11.4 Å². The minimum Gasteiger partial charge on any atom is -0.460 e. The molecule has 0 radical (unpaired) electrons. The van der Waals surface area contributed by atoms with Gasteiger partial charge in [0.15, 0.2) is 0 Å². The van der Waals surface area contributed by atoms with Crippen LogP contribution in [-0.4, -0.2) is 14.3 Å². The molecule has 0 aliphatic heterocycles. The summed E-state index contributed by atoms with van der Waals surface area (Å²) in [6.45, 7) is 1.80. The van der Waals surface area contributed by atoms with Gasteiger partial charge in [-0.3, -0.25) is 4.79 Å². The second kappa shape index (κ2) is 9.75. The van der Waals surface area contributed by atoms with Gasteiger partial charge in [-0.15, -0.1) is 0 Å². The summed E-state index contributed by atoms with van der Waals surface area (Å²) in [5.41, 5.74) is 1.34. The molecule has 0 fully saturated rings. The Morgan fingerprint density at radius 1 is 1.16 bits per heavy atom. The van der Waals surface area contributed by atoms with E-state index in [4.69, 9.17) is 4.42 Å². The van der Waals surface area contributed by atoms with Crippen molar-refractivity contribution in [2.24, 2.45) is 0 Å². The predicted molar refractivity (Wildman–Crippen MR) is 120 cm³/mol. The molecule has 1 amide bonds. The molecular formula is C22H18BrN3O4S. The van der Waals surface area contributed by atoms with E-state index in [1.807, 2.05) is 19.1 Å². The lowest BCUT2D eigenvalue weighted by atomic mass is 10.2. The lowest BCUT2D eigenvalue weighted by Crippen LogP contribution is -2.22. The first-order chi connectivity index (χ1) is 14.8. The molecule has 0 bridgehead atoms. The Morgan fingerprint density at radius 2 is 1.90 bits per heavy atom. The Kier molecular flexibility index (Phi) is 7.07. The zero-order valence-electron chi connectivity index (χ0n) is 16.4. The van der Waals surface area contributed by atoms with Gasteiger partial charge in [-0.2, -0.15) is 5.26 Å². The third kappa shape index (κ3) is 6.15. The molecule has 0 aliphatic carbocycles. The van der Waals surface area contributed by atoms with Gasteiger partial charge in [0.2, 0.25) is 10.0 Å². The van der Waals surface area contributed by atoms with Crippen LogP contribution in [0.3, 0.4) is 0 Å². The smallest absolute Gasteiger partial charge is 0.266 e. The van der Waals surface area contributed by atoms with Crippen LogP contribution in [0.2, 0.25) is 0 Å². The zero-order valence-corrected chi connectivity index (χ0v) is 18.8. The third-order valence-corrected chi connectivity index (χ3v) is 6.09. The first-order valence-corrected chi connectivity index (χ1v) is 11.4. The highest BCUT2D eigenvalue weighted by molar-refractivity contribution is 9.10. The van der Waals surface area contributed by atoms with Gasteiger partial charge in [0.05, 0.1) is 11.4 Å². The second-order valence-corrected chi connectivity index (χ2v) is 9.26. The van der Waals surface area contributed by atoms with E-state index in [2.05, 4.69) is 26.0 Å². The maximum absolute atomic E-state index is 12.4. The van der Waals surface area contributed by atoms with E-state index in [-0.39, 0.29) is 22.8 Å². The maximum atomic E-state index is 12.4. The van der Waals surface area contributed by atoms with Crippen LogP contribution in [-0.2, 0) is 21.4 Å². The van der Waals surface area contributed by atoms with Gasteiger partial charge in [0.1, 0.15) is 23.2 Å².